The quantitative estimate of drug-likeness (QED) is 0.548. The summed E-state index contributed by atoms with van der Waals surface area (Å²) in [7, 11) is 0. The molecular weight excluding hydrogens is 353 g/mol. The van der Waals surface area contributed by atoms with E-state index in [1.165, 1.54) is 23.1 Å². The van der Waals surface area contributed by atoms with Crippen LogP contribution in [-0.2, 0) is 4.74 Å². The third kappa shape index (κ3) is 4.34. The highest BCUT2D eigenvalue weighted by Crippen LogP contribution is 2.30. The fraction of sp³-hybridized carbons (Fsp3) is 0.350. The van der Waals surface area contributed by atoms with Crippen molar-refractivity contribution in [2.75, 3.05) is 18.5 Å². The van der Waals surface area contributed by atoms with Gasteiger partial charge in [-0.2, -0.15) is 0 Å². The number of nitrogens with zero attached hydrogens (tertiary/aromatic N) is 1. The van der Waals surface area contributed by atoms with Crippen LogP contribution in [-0.4, -0.2) is 23.2 Å². The van der Waals surface area contributed by atoms with Crippen molar-refractivity contribution in [3.05, 3.63) is 59.3 Å². The monoisotopic (exact) mass is 377 g/mol. The van der Waals surface area contributed by atoms with Crippen LogP contribution in [0.2, 0.25) is 0 Å². The molecule has 0 aliphatic heterocycles. The normalized spacial score (nSPS) is 12.0. The number of halogens is 2. The lowest BCUT2D eigenvalue weighted by molar-refractivity contribution is 0.141. The predicted octanol–water partition coefficient (Wildman–Crippen LogP) is 5.32. The van der Waals surface area contributed by atoms with Crippen molar-refractivity contribution < 1.29 is 9.13 Å². The van der Waals surface area contributed by atoms with Gasteiger partial charge in [-0.3, -0.25) is 4.98 Å². The molecule has 140 valence electrons. The van der Waals surface area contributed by atoms with Gasteiger partial charge >= 0.3 is 0 Å². The van der Waals surface area contributed by atoms with Gasteiger partial charge in [0, 0.05) is 36.2 Å². The minimum Gasteiger partial charge on any atom is -0.382 e. The molecule has 0 aliphatic carbocycles. The Morgan fingerprint density at radius 2 is 1.92 bits per heavy atom. The molecule has 1 unspecified atom stereocenters. The number of ether oxygens (including phenoxy) is 1. The lowest BCUT2D eigenvalue weighted by Gasteiger charge is -2.20. The van der Waals surface area contributed by atoms with Crippen LogP contribution in [0.15, 0.2) is 36.5 Å². The number of fused-ring (bicyclic) bond motifs is 1. The standard InChI is InChI=1S/C20H24FN3O.ClH/c1-4-25-12-10-18(24-16-7-5-15(21)6-8-16)20-19-17(9-11-22-20)13(2)14(3)23-19;/h5-9,11,18,23-24H,4,10,12H2,1-3H3;1H. The maximum atomic E-state index is 13.2. The first-order chi connectivity index (χ1) is 12.1. The van der Waals surface area contributed by atoms with Crippen LogP contribution < -0.4 is 5.32 Å². The van der Waals surface area contributed by atoms with E-state index in [1.54, 1.807) is 12.1 Å². The number of H-pyrrole nitrogens is 1. The number of aromatic amines is 1. The zero-order valence-electron chi connectivity index (χ0n) is 15.3. The summed E-state index contributed by atoms with van der Waals surface area (Å²) < 4.78 is 18.7. The van der Waals surface area contributed by atoms with Crippen LogP contribution in [0, 0.1) is 19.7 Å². The number of nitrogens with one attached hydrogen (secondary N) is 2. The molecule has 26 heavy (non-hydrogen) atoms. The molecule has 0 radical (unpaired) electrons. The predicted molar refractivity (Wildman–Crippen MR) is 107 cm³/mol. The van der Waals surface area contributed by atoms with E-state index in [0.29, 0.717) is 13.2 Å². The topological polar surface area (TPSA) is 49.9 Å². The van der Waals surface area contributed by atoms with Crippen molar-refractivity contribution in [1.82, 2.24) is 9.97 Å². The average Bonchev–Trinajstić information content (AvgIpc) is 2.91. The van der Waals surface area contributed by atoms with Crippen molar-refractivity contribution in [3.63, 3.8) is 0 Å². The Balaban J connectivity index is 0.00000243. The summed E-state index contributed by atoms with van der Waals surface area (Å²) in [6.07, 6.45) is 2.62. The Bertz CT molecular complexity index is 848. The molecule has 2 N–H and O–H groups in total. The van der Waals surface area contributed by atoms with Crippen LogP contribution >= 0.6 is 12.4 Å². The molecule has 0 bridgehead atoms. The first-order valence-corrected chi connectivity index (χ1v) is 8.63. The Labute approximate surface area is 159 Å². The van der Waals surface area contributed by atoms with E-state index >= 15 is 0 Å². The SMILES string of the molecule is CCOCCC(Nc1ccc(F)cc1)c1nccc2c(C)c(C)[nH]c12.Cl. The van der Waals surface area contributed by atoms with Gasteiger partial charge in [0.05, 0.1) is 17.3 Å². The third-order valence-electron chi connectivity index (χ3n) is 4.53. The van der Waals surface area contributed by atoms with Crippen molar-refractivity contribution in [1.29, 1.82) is 0 Å². The highest BCUT2D eigenvalue weighted by Gasteiger charge is 2.18. The summed E-state index contributed by atoms with van der Waals surface area (Å²) in [6.45, 7) is 7.48. The van der Waals surface area contributed by atoms with Crippen molar-refractivity contribution in [2.24, 2.45) is 0 Å². The smallest absolute Gasteiger partial charge is 0.123 e. The van der Waals surface area contributed by atoms with Gasteiger partial charge in [0.1, 0.15) is 5.82 Å². The van der Waals surface area contributed by atoms with E-state index in [-0.39, 0.29) is 24.3 Å². The molecule has 0 aliphatic rings. The summed E-state index contributed by atoms with van der Waals surface area (Å²) in [5, 5.41) is 4.66. The highest BCUT2D eigenvalue weighted by atomic mass is 35.5. The van der Waals surface area contributed by atoms with Gasteiger partial charge < -0.3 is 15.0 Å². The molecule has 0 saturated carbocycles. The molecule has 2 aromatic heterocycles. The van der Waals surface area contributed by atoms with E-state index in [4.69, 9.17) is 4.74 Å². The first kappa shape index (κ1) is 20.2. The lowest BCUT2D eigenvalue weighted by Crippen LogP contribution is -2.15. The fourth-order valence-corrected chi connectivity index (χ4v) is 3.04. The molecule has 6 heteroatoms. The molecule has 3 rings (SSSR count). The van der Waals surface area contributed by atoms with Gasteiger partial charge in [-0.25, -0.2) is 4.39 Å². The van der Waals surface area contributed by atoms with Crippen molar-refractivity contribution in [3.8, 4) is 0 Å². The zero-order chi connectivity index (χ0) is 17.8. The summed E-state index contributed by atoms with van der Waals surface area (Å²) in [5.74, 6) is -0.243. The van der Waals surface area contributed by atoms with E-state index in [0.717, 1.165) is 29.0 Å². The van der Waals surface area contributed by atoms with E-state index in [9.17, 15) is 4.39 Å². The van der Waals surface area contributed by atoms with Gasteiger partial charge in [0.2, 0.25) is 0 Å². The number of hydrogen-bond donors (Lipinski definition) is 2. The van der Waals surface area contributed by atoms with E-state index in [2.05, 4.69) is 29.1 Å². The van der Waals surface area contributed by atoms with Gasteiger partial charge in [0.15, 0.2) is 0 Å². The second-order valence-electron chi connectivity index (χ2n) is 6.18. The molecular formula is C20H25ClFN3O. The van der Waals surface area contributed by atoms with Crippen molar-refractivity contribution >= 4 is 29.0 Å². The Hall–Kier alpha value is -2.11. The van der Waals surface area contributed by atoms with Gasteiger partial charge in [0.25, 0.3) is 0 Å². The third-order valence-corrected chi connectivity index (χ3v) is 4.53. The maximum Gasteiger partial charge on any atom is 0.123 e. The summed E-state index contributed by atoms with van der Waals surface area (Å²) in [6, 6.07) is 8.41. The van der Waals surface area contributed by atoms with Crippen molar-refractivity contribution in [2.45, 2.75) is 33.2 Å². The molecule has 4 nitrogen and oxygen atoms in total. The minimum atomic E-state index is -0.243. The van der Waals surface area contributed by atoms with Crippen LogP contribution in [0.1, 0.15) is 36.3 Å². The van der Waals surface area contributed by atoms with Gasteiger partial charge in [-0.1, -0.05) is 0 Å². The Morgan fingerprint density at radius 3 is 2.62 bits per heavy atom. The average molecular weight is 378 g/mol. The number of anilines is 1. The zero-order valence-corrected chi connectivity index (χ0v) is 16.1. The van der Waals surface area contributed by atoms with Gasteiger partial charge in [-0.15, -0.1) is 12.4 Å². The van der Waals surface area contributed by atoms with Crippen LogP contribution in [0.3, 0.4) is 0 Å². The number of benzene rings is 1. The second-order valence-corrected chi connectivity index (χ2v) is 6.18. The molecule has 0 spiro atoms. The molecule has 0 amide bonds. The minimum absolute atomic E-state index is 0. The Kier molecular flexibility index (Phi) is 7.00. The molecule has 3 aromatic rings. The summed E-state index contributed by atoms with van der Waals surface area (Å²) in [4.78, 5) is 8.09. The summed E-state index contributed by atoms with van der Waals surface area (Å²) in [5.41, 5.74) is 5.26. The number of aromatic nitrogens is 2. The fourth-order valence-electron chi connectivity index (χ4n) is 3.04. The van der Waals surface area contributed by atoms with E-state index < -0.39 is 0 Å². The second kappa shape index (κ2) is 9.01. The van der Waals surface area contributed by atoms with Crippen LogP contribution in [0.4, 0.5) is 10.1 Å². The first-order valence-electron chi connectivity index (χ1n) is 8.63. The molecule has 1 aromatic carbocycles. The molecule has 0 saturated heterocycles. The number of hydrogen-bond acceptors (Lipinski definition) is 3. The summed E-state index contributed by atoms with van der Waals surface area (Å²) >= 11 is 0. The number of rotatable bonds is 7. The number of aryl methyl sites for hydroxylation is 2. The molecule has 1 atom stereocenters. The molecule has 2 heterocycles. The Morgan fingerprint density at radius 1 is 1.19 bits per heavy atom. The lowest BCUT2D eigenvalue weighted by atomic mass is 10.1. The largest absolute Gasteiger partial charge is 0.382 e. The number of pyridine rings is 1. The van der Waals surface area contributed by atoms with E-state index in [1.807, 2.05) is 19.2 Å². The van der Waals surface area contributed by atoms with Crippen LogP contribution in [0.25, 0.3) is 10.9 Å². The molecule has 0 fully saturated rings. The van der Waals surface area contributed by atoms with Crippen LogP contribution in [0.5, 0.6) is 0 Å². The highest BCUT2D eigenvalue weighted by molar-refractivity contribution is 5.86. The van der Waals surface area contributed by atoms with Gasteiger partial charge in [-0.05, 0) is 63.1 Å². The maximum absolute atomic E-state index is 13.2.